The highest BCUT2D eigenvalue weighted by Gasteiger charge is 2.11. The Morgan fingerprint density at radius 1 is 1.00 bits per heavy atom. The van der Waals surface area contributed by atoms with Gasteiger partial charge in [-0.05, 0) is 35.0 Å². The number of hydrogen-bond acceptors (Lipinski definition) is 3. The van der Waals surface area contributed by atoms with Crippen LogP contribution in [0.15, 0.2) is 36.4 Å². The molecule has 1 fully saturated rings. The highest BCUT2D eigenvalue weighted by molar-refractivity contribution is 5.88. The first-order valence-corrected chi connectivity index (χ1v) is 6.41. The minimum Gasteiger partial charge on any atom is -0.388 e. The molecule has 0 atom stereocenters. The maximum atomic E-state index is 5.39. The molecule has 1 aliphatic rings. The van der Waals surface area contributed by atoms with Crippen molar-refractivity contribution in [2.45, 2.75) is 0 Å². The van der Waals surface area contributed by atoms with Gasteiger partial charge in [0.2, 0.25) is 0 Å². The van der Waals surface area contributed by atoms with Gasteiger partial charge < -0.3 is 15.0 Å². The average Bonchev–Trinajstić information content (AvgIpc) is 2.47. The van der Waals surface area contributed by atoms with E-state index in [1.165, 1.54) is 16.5 Å². The van der Waals surface area contributed by atoms with Gasteiger partial charge in [-0.1, -0.05) is 12.1 Å². The topological polar surface area (TPSA) is 24.5 Å². The first-order chi connectivity index (χ1) is 8.86. The van der Waals surface area contributed by atoms with Crippen LogP contribution in [-0.4, -0.2) is 33.4 Å². The van der Waals surface area contributed by atoms with E-state index in [0.717, 1.165) is 32.0 Å². The van der Waals surface area contributed by atoms with E-state index < -0.39 is 0 Å². The first kappa shape index (κ1) is 11.4. The van der Waals surface area contributed by atoms with Crippen LogP contribution in [0.5, 0.6) is 0 Å². The highest BCUT2D eigenvalue weighted by Crippen LogP contribution is 2.25. The zero-order valence-corrected chi connectivity index (χ0v) is 10.6. The number of fused-ring (bicyclic) bond motifs is 1. The molecular formula is C15H18N2O. The summed E-state index contributed by atoms with van der Waals surface area (Å²) in [5, 5.41) is 5.74. The molecule has 0 radical (unpaired) electrons. The summed E-state index contributed by atoms with van der Waals surface area (Å²) < 4.78 is 5.39. The van der Waals surface area contributed by atoms with E-state index in [1.54, 1.807) is 0 Å². The van der Waals surface area contributed by atoms with Crippen molar-refractivity contribution in [1.29, 1.82) is 0 Å². The molecule has 1 N–H and O–H groups in total. The van der Waals surface area contributed by atoms with Gasteiger partial charge in [0, 0.05) is 31.5 Å². The predicted octanol–water partition coefficient (Wildman–Crippen LogP) is 2.72. The molecule has 1 heterocycles. The van der Waals surface area contributed by atoms with Crippen molar-refractivity contribution >= 4 is 22.1 Å². The second-order valence-corrected chi connectivity index (χ2v) is 4.60. The van der Waals surface area contributed by atoms with Crippen molar-refractivity contribution in [2.24, 2.45) is 0 Å². The van der Waals surface area contributed by atoms with Gasteiger partial charge in [-0.2, -0.15) is 0 Å². The Labute approximate surface area is 107 Å². The number of benzene rings is 2. The summed E-state index contributed by atoms with van der Waals surface area (Å²) in [5.74, 6) is 0. The van der Waals surface area contributed by atoms with Crippen molar-refractivity contribution < 1.29 is 4.74 Å². The quantitative estimate of drug-likeness (QED) is 0.876. The van der Waals surface area contributed by atoms with Crippen molar-refractivity contribution in [3.63, 3.8) is 0 Å². The van der Waals surface area contributed by atoms with Crippen molar-refractivity contribution in [3.8, 4) is 0 Å². The lowest BCUT2D eigenvalue weighted by Crippen LogP contribution is -2.36. The Bertz CT molecular complexity index is 547. The molecule has 0 bridgehead atoms. The molecule has 2 aromatic rings. The van der Waals surface area contributed by atoms with E-state index in [4.69, 9.17) is 4.74 Å². The molecule has 1 aliphatic heterocycles. The van der Waals surface area contributed by atoms with Gasteiger partial charge in [0.15, 0.2) is 0 Å². The summed E-state index contributed by atoms with van der Waals surface area (Å²) >= 11 is 0. The lowest BCUT2D eigenvalue weighted by molar-refractivity contribution is 0.122. The summed E-state index contributed by atoms with van der Waals surface area (Å²) in [6.07, 6.45) is 0. The summed E-state index contributed by atoms with van der Waals surface area (Å²) in [5.41, 5.74) is 2.45. The predicted molar refractivity (Wildman–Crippen MR) is 76.5 cm³/mol. The standard InChI is InChI=1S/C15H18N2O/c1-16-14-4-2-13-11-15(5-3-12(13)10-14)17-6-8-18-9-7-17/h2-5,10-11,16H,6-9H2,1H3. The zero-order valence-electron chi connectivity index (χ0n) is 10.6. The molecule has 3 nitrogen and oxygen atoms in total. The fraction of sp³-hybridized carbons (Fsp3) is 0.333. The van der Waals surface area contributed by atoms with Crippen LogP contribution in [0, 0.1) is 0 Å². The average molecular weight is 242 g/mol. The summed E-state index contributed by atoms with van der Waals surface area (Å²) in [6, 6.07) is 13.1. The summed E-state index contributed by atoms with van der Waals surface area (Å²) in [6.45, 7) is 3.63. The molecule has 0 unspecified atom stereocenters. The van der Waals surface area contributed by atoms with Crippen molar-refractivity contribution in [3.05, 3.63) is 36.4 Å². The van der Waals surface area contributed by atoms with Crippen LogP contribution in [-0.2, 0) is 4.74 Å². The molecule has 2 aromatic carbocycles. The van der Waals surface area contributed by atoms with E-state index in [1.807, 2.05) is 7.05 Å². The van der Waals surface area contributed by atoms with E-state index in [0.29, 0.717) is 0 Å². The number of anilines is 2. The maximum Gasteiger partial charge on any atom is 0.0642 e. The lowest BCUT2D eigenvalue weighted by atomic mass is 10.1. The second kappa shape index (κ2) is 4.86. The van der Waals surface area contributed by atoms with E-state index in [-0.39, 0.29) is 0 Å². The minimum absolute atomic E-state index is 0.830. The van der Waals surface area contributed by atoms with Gasteiger partial charge in [0.05, 0.1) is 13.2 Å². The molecule has 3 rings (SSSR count). The molecule has 0 spiro atoms. The first-order valence-electron chi connectivity index (χ1n) is 6.41. The van der Waals surface area contributed by atoms with Crippen molar-refractivity contribution in [1.82, 2.24) is 0 Å². The number of nitrogens with one attached hydrogen (secondary N) is 1. The SMILES string of the molecule is CNc1ccc2cc(N3CCOCC3)ccc2c1. The Morgan fingerprint density at radius 2 is 1.72 bits per heavy atom. The number of hydrogen-bond donors (Lipinski definition) is 1. The van der Waals surface area contributed by atoms with Gasteiger partial charge >= 0.3 is 0 Å². The van der Waals surface area contributed by atoms with Crippen LogP contribution in [0.4, 0.5) is 11.4 Å². The molecule has 18 heavy (non-hydrogen) atoms. The smallest absolute Gasteiger partial charge is 0.0642 e. The number of ether oxygens (including phenoxy) is 1. The Hall–Kier alpha value is -1.74. The monoisotopic (exact) mass is 242 g/mol. The Balaban J connectivity index is 1.95. The third-order valence-electron chi connectivity index (χ3n) is 3.49. The number of morpholine rings is 1. The fourth-order valence-electron chi connectivity index (χ4n) is 2.41. The lowest BCUT2D eigenvalue weighted by Gasteiger charge is -2.29. The molecule has 0 amide bonds. The summed E-state index contributed by atoms with van der Waals surface area (Å²) in [7, 11) is 1.95. The molecule has 3 heteroatoms. The van der Waals surface area contributed by atoms with Gasteiger partial charge in [-0.3, -0.25) is 0 Å². The minimum atomic E-state index is 0.830. The zero-order chi connectivity index (χ0) is 12.4. The van der Waals surface area contributed by atoms with Gasteiger partial charge in [-0.15, -0.1) is 0 Å². The van der Waals surface area contributed by atoms with Crippen LogP contribution in [0.3, 0.4) is 0 Å². The Morgan fingerprint density at radius 3 is 2.50 bits per heavy atom. The summed E-state index contributed by atoms with van der Waals surface area (Å²) in [4.78, 5) is 2.38. The van der Waals surface area contributed by atoms with Crippen LogP contribution >= 0.6 is 0 Å². The second-order valence-electron chi connectivity index (χ2n) is 4.60. The third-order valence-corrected chi connectivity index (χ3v) is 3.49. The van der Waals surface area contributed by atoms with Gasteiger partial charge in [-0.25, -0.2) is 0 Å². The van der Waals surface area contributed by atoms with Crippen LogP contribution in [0.1, 0.15) is 0 Å². The molecule has 0 aliphatic carbocycles. The molecule has 94 valence electrons. The third kappa shape index (κ3) is 2.14. The normalized spacial score (nSPS) is 15.9. The number of nitrogens with zero attached hydrogens (tertiary/aromatic N) is 1. The van der Waals surface area contributed by atoms with Gasteiger partial charge in [0.1, 0.15) is 0 Å². The maximum absolute atomic E-state index is 5.39. The van der Waals surface area contributed by atoms with Crippen molar-refractivity contribution in [2.75, 3.05) is 43.6 Å². The van der Waals surface area contributed by atoms with Crippen LogP contribution in [0.25, 0.3) is 10.8 Å². The molecule has 0 saturated carbocycles. The number of rotatable bonds is 2. The van der Waals surface area contributed by atoms with Crippen LogP contribution in [0.2, 0.25) is 0 Å². The van der Waals surface area contributed by atoms with E-state index in [2.05, 4.69) is 46.6 Å². The molecule has 0 aromatic heterocycles. The highest BCUT2D eigenvalue weighted by atomic mass is 16.5. The van der Waals surface area contributed by atoms with E-state index in [9.17, 15) is 0 Å². The van der Waals surface area contributed by atoms with Crippen LogP contribution < -0.4 is 10.2 Å². The Kier molecular flexibility index (Phi) is 3.07. The molecule has 1 saturated heterocycles. The van der Waals surface area contributed by atoms with E-state index >= 15 is 0 Å². The molecular weight excluding hydrogens is 224 g/mol. The fourth-order valence-corrected chi connectivity index (χ4v) is 2.41. The largest absolute Gasteiger partial charge is 0.388 e. The van der Waals surface area contributed by atoms with Gasteiger partial charge in [0.25, 0.3) is 0 Å².